The van der Waals surface area contributed by atoms with Gasteiger partial charge in [0, 0.05) is 18.3 Å². The summed E-state index contributed by atoms with van der Waals surface area (Å²) in [5, 5.41) is 22.7. The van der Waals surface area contributed by atoms with Crippen LogP contribution in [-0.4, -0.2) is 31.3 Å². The number of aryl methyl sites for hydroxylation is 1. The van der Waals surface area contributed by atoms with Crippen LogP contribution in [-0.2, 0) is 11.3 Å². The van der Waals surface area contributed by atoms with Crippen molar-refractivity contribution < 1.29 is 14.5 Å². The number of nitrogens with zero attached hydrogens (tertiary/aromatic N) is 4. The first kappa shape index (κ1) is 23.6. The maximum atomic E-state index is 12.3. The van der Waals surface area contributed by atoms with Crippen LogP contribution in [0.2, 0.25) is 5.02 Å². The van der Waals surface area contributed by atoms with Gasteiger partial charge in [-0.05, 0) is 45.0 Å². The fourth-order valence-electron chi connectivity index (χ4n) is 2.94. The molecule has 0 aliphatic carbocycles. The molecule has 1 atom stereocenters. The van der Waals surface area contributed by atoms with Crippen molar-refractivity contribution in [2.75, 3.05) is 11.1 Å². The van der Waals surface area contributed by atoms with Gasteiger partial charge in [0.15, 0.2) is 17.1 Å². The molecule has 1 amide bonds. The Balaban J connectivity index is 1.63. The van der Waals surface area contributed by atoms with E-state index >= 15 is 0 Å². The zero-order chi connectivity index (χ0) is 23.3. The van der Waals surface area contributed by atoms with Gasteiger partial charge in [-0.15, -0.1) is 10.2 Å². The maximum Gasteiger partial charge on any atom is 0.289 e. The van der Waals surface area contributed by atoms with Crippen molar-refractivity contribution in [3.05, 3.63) is 69.0 Å². The molecular formula is C21H22ClN5O4S. The molecule has 3 aromatic rings. The Bertz CT molecular complexity index is 1120. The predicted molar refractivity (Wildman–Crippen MR) is 123 cm³/mol. The van der Waals surface area contributed by atoms with E-state index in [1.54, 1.807) is 0 Å². The second kappa shape index (κ2) is 10.5. The molecule has 2 aromatic carbocycles. The summed E-state index contributed by atoms with van der Waals surface area (Å²) in [6.45, 7) is 6.47. The minimum atomic E-state index is -0.599. The number of nitro benzene ring substituents is 1. The Kier molecular flexibility index (Phi) is 7.70. The van der Waals surface area contributed by atoms with Crippen LogP contribution in [0.4, 0.5) is 11.4 Å². The molecule has 0 spiro atoms. The van der Waals surface area contributed by atoms with E-state index in [4.69, 9.17) is 16.3 Å². The number of hydrogen-bond acceptors (Lipinski definition) is 7. The summed E-state index contributed by atoms with van der Waals surface area (Å²) in [6, 6.07) is 11.9. The van der Waals surface area contributed by atoms with E-state index in [9.17, 15) is 14.9 Å². The highest BCUT2D eigenvalue weighted by Crippen LogP contribution is 2.28. The lowest BCUT2D eigenvalue weighted by molar-refractivity contribution is -0.384. The number of carbonyl (C=O) groups is 1. The molecule has 0 aliphatic heterocycles. The van der Waals surface area contributed by atoms with Crippen molar-refractivity contribution in [3.63, 3.8) is 0 Å². The zero-order valence-corrected chi connectivity index (χ0v) is 19.3. The number of ether oxygens (including phenoxy) is 1. The number of carbonyl (C=O) groups excluding carboxylic acids is 1. The van der Waals surface area contributed by atoms with Gasteiger partial charge >= 0.3 is 0 Å². The highest BCUT2D eigenvalue weighted by atomic mass is 35.5. The molecule has 0 saturated heterocycles. The second-order valence-electron chi connectivity index (χ2n) is 6.92. The van der Waals surface area contributed by atoms with Crippen molar-refractivity contribution in [2.24, 2.45) is 0 Å². The summed E-state index contributed by atoms with van der Waals surface area (Å²) < 4.78 is 7.87. The van der Waals surface area contributed by atoms with E-state index in [0.29, 0.717) is 23.2 Å². The van der Waals surface area contributed by atoms with Crippen LogP contribution >= 0.6 is 23.4 Å². The highest BCUT2D eigenvalue weighted by molar-refractivity contribution is 7.99. The van der Waals surface area contributed by atoms with E-state index in [1.807, 2.05) is 49.6 Å². The molecule has 1 heterocycles. The standard InChI is InChI=1S/C21H22ClN5O4S/c1-4-26-20(14(3)31-16-8-5-13(2)6-9-16)24-25-21(26)32-12-19(28)23-15-7-10-17(22)18(11-15)27(29)30/h5-11,14H,4,12H2,1-3H3,(H,23,28). The first-order valence-electron chi connectivity index (χ1n) is 9.81. The van der Waals surface area contributed by atoms with Crippen LogP contribution in [0.25, 0.3) is 0 Å². The zero-order valence-electron chi connectivity index (χ0n) is 17.7. The van der Waals surface area contributed by atoms with Gasteiger partial charge in [0.25, 0.3) is 5.69 Å². The van der Waals surface area contributed by atoms with Gasteiger partial charge in [-0.1, -0.05) is 41.1 Å². The van der Waals surface area contributed by atoms with Gasteiger partial charge in [-0.25, -0.2) is 0 Å². The first-order valence-corrected chi connectivity index (χ1v) is 11.2. The second-order valence-corrected chi connectivity index (χ2v) is 8.27. The van der Waals surface area contributed by atoms with Crippen molar-refractivity contribution >= 4 is 40.6 Å². The summed E-state index contributed by atoms with van der Waals surface area (Å²) in [6.07, 6.45) is -0.331. The molecule has 0 saturated carbocycles. The van der Waals surface area contributed by atoms with Crippen LogP contribution in [0.15, 0.2) is 47.6 Å². The first-order chi connectivity index (χ1) is 15.3. The molecule has 1 N–H and O–H groups in total. The number of nitro groups is 1. The largest absolute Gasteiger partial charge is 0.483 e. The number of benzene rings is 2. The third-order valence-corrected chi connectivity index (χ3v) is 5.80. The van der Waals surface area contributed by atoms with Crippen molar-refractivity contribution in [1.29, 1.82) is 0 Å². The van der Waals surface area contributed by atoms with Crippen molar-refractivity contribution in [1.82, 2.24) is 14.8 Å². The summed E-state index contributed by atoms with van der Waals surface area (Å²) in [4.78, 5) is 22.7. The number of aromatic nitrogens is 3. The lowest BCUT2D eigenvalue weighted by Crippen LogP contribution is -2.15. The van der Waals surface area contributed by atoms with E-state index in [2.05, 4.69) is 15.5 Å². The monoisotopic (exact) mass is 475 g/mol. The molecule has 0 aliphatic rings. The lowest BCUT2D eigenvalue weighted by Gasteiger charge is -2.15. The summed E-state index contributed by atoms with van der Waals surface area (Å²) in [7, 11) is 0. The van der Waals surface area contributed by atoms with E-state index in [0.717, 1.165) is 11.3 Å². The number of amides is 1. The van der Waals surface area contributed by atoms with Gasteiger partial charge in [0.1, 0.15) is 10.8 Å². The quantitative estimate of drug-likeness (QED) is 0.262. The fourth-order valence-corrected chi connectivity index (χ4v) is 3.93. The molecule has 32 heavy (non-hydrogen) atoms. The van der Waals surface area contributed by atoms with E-state index < -0.39 is 4.92 Å². The number of halogens is 1. The molecule has 0 fully saturated rings. The van der Waals surface area contributed by atoms with Crippen LogP contribution in [0, 0.1) is 17.0 Å². The number of hydrogen-bond donors (Lipinski definition) is 1. The topological polar surface area (TPSA) is 112 Å². The molecule has 9 nitrogen and oxygen atoms in total. The average molecular weight is 476 g/mol. The SMILES string of the molecule is CCn1c(SCC(=O)Nc2ccc(Cl)c([N+](=O)[O-])c2)nnc1C(C)Oc1ccc(C)cc1. The predicted octanol–water partition coefficient (Wildman–Crippen LogP) is 5.04. The normalized spacial score (nSPS) is 11.8. The summed E-state index contributed by atoms with van der Waals surface area (Å²) in [5.74, 6) is 1.12. The van der Waals surface area contributed by atoms with E-state index in [-0.39, 0.29) is 28.5 Å². The number of nitrogens with one attached hydrogen (secondary N) is 1. The minimum absolute atomic E-state index is 0.00734. The minimum Gasteiger partial charge on any atom is -0.483 e. The Labute approximate surface area is 194 Å². The van der Waals surface area contributed by atoms with Gasteiger partial charge < -0.3 is 14.6 Å². The van der Waals surface area contributed by atoms with Gasteiger partial charge in [-0.3, -0.25) is 14.9 Å². The Morgan fingerprint density at radius 2 is 2.00 bits per heavy atom. The molecular weight excluding hydrogens is 454 g/mol. The van der Waals surface area contributed by atoms with Crippen LogP contribution < -0.4 is 10.1 Å². The highest BCUT2D eigenvalue weighted by Gasteiger charge is 2.20. The molecule has 11 heteroatoms. The van der Waals surface area contributed by atoms with Crippen molar-refractivity contribution in [2.45, 2.75) is 38.6 Å². The molecule has 3 rings (SSSR count). The molecule has 1 aromatic heterocycles. The van der Waals surface area contributed by atoms with Gasteiger partial charge in [0.05, 0.1) is 10.7 Å². The maximum absolute atomic E-state index is 12.3. The average Bonchev–Trinajstić information content (AvgIpc) is 3.18. The third kappa shape index (κ3) is 5.77. The van der Waals surface area contributed by atoms with Gasteiger partial charge in [-0.2, -0.15) is 0 Å². The Hall–Kier alpha value is -3.11. The fraction of sp³-hybridized carbons (Fsp3) is 0.286. The van der Waals surface area contributed by atoms with Crippen molar-refractivity contribution in [3.8, 4) is 5.75 Å². The summed E-state index contributed by atoms with van der Waals surface area (Å²) >= 11 is 7.02. The van der Waals surface area contributed by atoms with Crippen LogP contribution in [0.1, 0.15) is 31.3 Å². The van der Waals surface area contributed by atoms with E-state index in [1.165, 1.54) is 30.0 Å². The van der Waals surface area contributed by atoms with Crippen LogP contribution in [0.3, 0.4) is 0 Å². The smallest absolute Gasteiger partial charge is 0.289 e. The molecule has 168 valence electrons. The van der Waals surface area contributed by atoms with Crippen LogP contribution in [0.5, 0.6) is 5.75 Å². The third-order valence-electron chi connectivity index (χ3n) is 4.52. The summed E-state index contributed by atoms with van der Waals surface area (Å²) in [5.41, 5.74) is 1.17. The number of anilines is 1. The van der Waals surface area contributed by atoms with Gasteiger partial charge in [0.2, 0.25) is 5.91 Å². The molecule has 0 radical (unpaired) electrons. The Morgan fingerprint density at radius 1 is 1.28 bits per heavy atom. The molecule has 0 bridgehead atoms. The Morgan fingerprint density at radius 3 is 2.66 bits per heavy atom. The number of rotatable bonds is 9. The lowest BCUT2D eigenvalue weighted by atomic mass is 10.2. The molecule has 1 unspecified atom stereocenters. The number of thioether (sulfide) groups is 1.